The summed E-state index contributed by atoms with van der Waals surface area (Å²) in [6.07, 6.45) is -1.20. The zero-order valence-corrected chi connectivity index (χ0v) is 11.7. The summed E-state index contributed by atoms with van der Waals surface area (Å²) in [6.45, 7) is 1.94. The Morgan fingerprint density at radius 2 is 2.00 bits per heavy atom. The van der Waals surface area contributed by atoms with Gasteiger partial charge in [0.15, 0.2) is 0 Å². The topological polar surface area (TPSA) is 61.6 Å². The monoisotopic (exact) mass is 351 g/mol. The first-order valence-corrected chi connectivity index (χ1v) is 6.12. The number of amides is 1. The molecule has 1 aromatic rings. The molecule has 0 fully saturated rings. The van der Waals surface area contributed by atoms with Gasteiger partial charge in [-0.2, -0.15) is 0 Å². The highest BCUT2D eigenvalue weighted by Gasteiger charge is 2.10. The summed E-state index contributed by atoms with van der Waals surface area (Å²) in [4.78, 5) is 10.5. The molecule has 88 valence electrons. The van der Waals surface area contributed by atoms with Crippen LogP contribution in [0.15, 0.2) is 27.1 Å². The van der Waals surface area contributed by atoms with E-state index in [0.717, 1.165) is 8.95 Å². The molecular weight excluding hydrogens is 342 g/mol. The van der Waals surface area contributed by atoms with Gasteiger partial charge in [-0.05, 0) is 50.9 Å². The largest absolute Gasteiger partial charge is 0.487 e. The number of halogens is 2. The highest BCUT2D eigenvalue weighted by molar-refractivity contribution is 9.11. The molecule has 0 aliphatic heterocycles. The van der Waals surface area contributed by atoms with Crippen molar-refractivity contribution in [3.63, 3.8) is 0 Å². The van der Waals surface area contributed by atoms with E-state index in [-0.39, 0.29) is 6.61 Å². The predicted molar refractivity (Wildman–Crippen MR) is 67.5 cm³/mol. The average molecular weight is 353 g/mol. The van der Waals surface area contributed by atoms with Crippen molar-refractivity contribution < 1.29 is 14.3 Å². The lowest BCUT2D eigenvalue weighted by Gasteiger charge is -2.14. The summed E-state index contributed by atoms with van der Waals surface area (Å²) < 4.78 is 11.9. The summed E-state index contributed by atoms with van der Waals surface area (Å²) in [6, 6.07) is 5.60. The van der Waals surface area contributed by atoms with Gasteiger partial charge in [-0.15, -0.1) is 0 Å². The molecule has 16 heavy (non-hydrogen) atoms. The van der Waals surface area contributed by atoms with Crippen LogP contribution in [-0.2, 0) is 4.74 Å². The van der Waals surface area contributed by atoms with Crippen LogP contribution in [0.5, 0.6) is 5.75 Å². The van der Waals surface area contributed by atoms with Crippen LogP contribution in [0.3, 0.4) is 0 Å². The SMILES string of the molecule is C[C@@H](COc1c(Br)cccc1Br)OC(N)=O. The highest BCUT2D eigenvalue weighted by atomic mass is 79.9. The van der Waals surface area contributed by atoms with E-state index in [0.29, 0.717) is 5.75 Å². The van der Waals surface area contributed by atoms with Crippen LogP contribution in [0.1, 0.15) is 6.92 Å². The minimum Gasteiger partial charge on any atom is -0.487 e. The lowest BCUT2D eigenvalue weighted by Crippen LogP contribution is -2.25. The maximum absolute atomic E-state index is 10.5. The number of rotatable bonds is 4. The number of primary amides is 1. The number of nitrogens with two attached hydrogens (primary N) is 1. The molecule has 0 unspecified atom stereocenters. The van der Waals surface area contributed by atoms with Gasteiger partial charge >= 0.3 is 6.09 Å². The molecule has 1 atom stereocenters. The Labute approximate surface area is 110 Å². The Morgan fingerprint density at radius 1 is 1.44 bits per heavy atom. The van der Waals surface area contributed by atoms with Gasteiger partial charge in [0.2, 0.25) is 0 Å². The lowest BCUT2D eigenvalue weighted by molar-refractivity contribution is 0.0818. The molecule has 1 aromatic carbocycles. The van der Waals surface area contributed by atoms with Gasteiger partial charge in [0.05, 0.1) is 8.95 Å². The smallest absolute Gasteiger partial charge is 0.404 e. The Bertz CT molecular complexity index is 364. The van der Waals surface area contributed by atoms with E-state index in [9.17, 15) is 4.79 Å². The molecule has 0 heterocycles. The zero-order chi connectivity index (χ0) is 12.1. The fraction of sp³-hybridized carbons (Fsp3) is 0.300. The molecule has 0 aliphatic rings. The van der Waals surface area contributed by atoms with Crippen LogP contribution in [0, 0.1) is 0 Å². The van der Waals surface area contributed by atoms with Crippen LogP contribution in [0.2, 0.25) is 0 Å². The van der Waals surface area contributed by atoms with Crippen LogP contribution >= 0.6 is 31.9 Å². The Morgan fingerprint density at radius 3 is 2.50 bits per heavy atom. The van der Waals surface area contributed by atoms with Crippen molar-refractivity contribution in [2.45, 2.75) is 13.0 Å². The Balaban J connectivity index is 2.57. The molecule has 1 amide bonds. The number of hydrogen-bond donors (Lipinski definition) is 1. The van der Waals surface area contributed by atoms with E-state index in [1.807, 2.05) is 18.2 Å². The molecular formula is C10H11Br2NO3. The molecule has 0 aromatic heterocycles. The quantitative estimate of drug-likeness (QED) is 0.905. The zero-order valence-electron chi connectivity index (χ0n) is 8.57. The second-order valence-corrected chi connectivity index (χ2v) is 4.82. The molecule has 0 radical (unpaired) electrons. The summed E-state index contributed by atoms with van der Waals surface area (Å²) in [5.74, 6) is 0.669. The van der Waals surface area contributed by atoms with Gasteiger partial charge in [0, 0.05) is 0 Å². The first-order valence-electron chi connectivity index (χ1n) is 4.53. The van der Waals surface area contributed by atoms with Gasteiger partial charge in [0.25, 0.3) is 0 Å². The molecule has 6 heteroatoms. The van der Waals surface area contributed by atoms with Crippen molar-refractivity contribution in [1.29, 1.82) is 0 Å². The number of carbonyl (C=O) groups excluding carboxylic acids is 1. The first-order chi connectivity index (χ1) is 7.50. The van der Waals surface area contributed by atoms with E-state index in [4.69, 9.17) is 15.2 Å². The van der Waals surface area contributed by atoms with Crippen molar-refractivity contribution in [2.75, 3.05) is 6.61 Å². The molecule has 0 saturated carbocycles. The Hall–Kier alpha value is -0.750. The van der Waals surface area contributed by atoms with Crippen molar-refractivity contribution in [2.24, 2.45) is 5.73 Å². The fourth-order valence-electron chi connectivity index (χ4n) is 1.05. The fourth-order valence-corrected chi connectivity index (χ4v) is 2.28. The van der Waals surface area contributed by atoms with E-state index in [1.165, 1.54) is 0 Å². The second-order valence-electron chi connectivity index (χ2n) is 3.11. The third-order valence-corrected chi connectivity index (χ3v) is 2.95. The standard InChI is InChI=1S/C10H11Br2NO3/c1-6(16-10(13)14)5-15-9-7(11)3-2-4-8(9)12/h2-4,6H,5H2,1H3,(H2,13,14)/t6-/m0/s1. The van der Waals surface area contributed by atoms with E-state index in [2.05, 4.69) is 31.9 Å². The van der Waals surface area contributed by atoms with Crippen molar-refractivity contribution in [3.8, 4) is 5.75 Å². The third-order valence-electron chi connectivity index (χ3n) is 1.70. The lowest BCUT2D eigenvalue weighted by atomic mass is 10.3. The first kappa shape index (κ1) is 13.3. The number of carbonyl (C=O) groups is 1. The summed E-state index contributed by atoms with van der Waals surface area (Å²) >= 11 is 6.72. The molecule has 0 saturated heterocycles. The summed E-state index contributed by atoms with van der Waals surface area (Å²) in [5.41, 5.74) is 4.89. The summed E-state index contributed by atoms with van der Waals surface area (Å²) in [7, 11) is 0. The molecule has 4 nitrogen and oxygen atoms in total. The van der Waals surface area contributed by atoms with Crippen molar-refractivity contribution in [1.82, 2.24) is 0 Å². The number of hydrogen-bond acceptors (Lipinski definition) is 3. The number of para-hydroxylation sites is 1. The Kier molecular flexibility index (Phi) is 5.08. The average Bonchev–Trinajstić information content (AvgIpc) is 2.15. The van der Waals surface area contributed by atoms with Crippen LogP contribution < -0.4 is 10.5 Å². The third kappa shape index (κ3) is 4.02. The van der Waals surface area contributed by atoms with E-state index >= 15 is 0 Å². The van der Waals surface area contributed by atoms with Crippen LogP contribution in [0.25, 0.3) is 0 Å². The van der Waals surface area contributed by atoms with Crippen LogP contribution in [0.4, 0.5) is 4.79 Å². The maximum atomic E-state index is 10.5. The maximum Gasteiger partial charge on any atom is 0.404 e. The molecule has 0 spiro atoms. The molecule has 2 N–H and O–H groups in total. The minimum absolute atomic E-state index is 0.240. The normalized spacial score (nSPS) is 11.9. The van der Waals surface area contributed by atoms with Crippen molar-refractivity contribution in [3.05, 3.63) is 27.1 Å². The van der Waals surface area contributed by atoms with Crippen molar-refractivity contribution >= 4 is 38.0 Å². The number of benzene rings is 1. The van der Waals surface area contributed by atoms with Gasteiger partial charge in [-0.3, -0.25) is 0 Å². The second kappa shape index (κ2) is 6.10. The summed E-state index contributed by atoms with van der Waals surface area (Å²) in [5, 5.41) is 0. The molecule has 0 bridgehead atoms. The van der Waals surface area contributed by atoms with E-state index < -0.39 is 12.2 Å². The van der Waals surface area contributed by atoms with Gasteiger partial charge in [-0.25, -0.2) is 4.79 Å². The highest BCUT2D eigenvalue weighted by Crippen LogP contribution is 2.32. The van der Waals surface area contributed by atoms with Gasteiger partial charge in [0.1, 0.15) is 18.5 Å². The minimum atomic E-state index is -0.803. The molecule has 1 rings (SSSR count). The van der Waals surface area contributed by atoms with Gasteiger partial charge in [-0.1, -0.05) is 6.07 Å². The van der Waals surface area contributed by atoms with Crippen LogP contribution in [-0.4, -0.2) is 18.8 Å². The predicted octanol–water partition coefficient (Wildman–Crippen LogP) is 3.07. The van der Waals surface area contributed by atoms with E-state index in [1.54, 1.807) is 6.92 Å². The van der Waals surface area contributed by atoms with Gasteiger partial charge < -0.3 is 15.2 Å². The number of ether oxygens (including phenoxy) is 2. The molecule has 0 aliphatic carbocycles.